The van der Waals surface area contributed by atoms with Crippen LogP contribution < -0.4 is 15.4 Å². The lowest BCUT2D eigenvalue weighted by Gasteiger charge is -2.13. The third-order valence-electron chi connectivity index (χ3n) is 4.35. The first-order valence-corrected chi connectivity index (χ1v) is 8.30. The highest BCUT2D eigenvalue weighted by atomic mass is 16.5. The minimum Gasteiger partial charge on any atom is -0.479 e. The molecule has 7 heteroatoms. The van der Waals surface area contributed by atoms with Gasteiger partial charge in [-0.2, -0.15) is 0 Å². The second-order valence-corrected chi connectivity index (χ2v) is 6.17. The molecule has 0 unspecified atom stereocenters. The maximum Gasteiger partial charge on any atom is 0.294 e. The molecule has 0 spiro atoms. The number of benzene rings is 1. The first-order valence-electron chi connectivity index (χ1n) is 8.30. The number of nitrogens with zero attached hydrogens (tertiary/aromatic N) is 1. The summed E-state index contributed by atoms with van der Waals surface area (Å²) in [5, 5.41) is 9.39. The third-order valence-corrected chi connectivity index (χ3v) is 4.35. The van der Waals surface area contributed by atoms with Gasteiger partial charge < -0.3 is 19.9 Å². The van der Waals surface area contributed by atoms with Gasteiger partial charge in [-0.05, 0) is 48.7 Å². The molecule has 1 aromatic carbocycles. The number of carbonyl (C=O) groups is 2. The second-order valence-electron chi connectivity index (χ2n) is 6.17. The normalized spacial score (nSPS) is 14.3. The van der Waals surface area contributed by atoms with Gasteiger partial charge in [-0.3, -0.25) is 9.59 Å². The van der Waals surface area contributed by atoms with Crippen LogP contribution in [0.1, 0.15) is 52.2 Å². The van der Waals surface area contributed by atoms with E-state index in [1.54, 1.807) is 18.2 Å². The Morgan fingerprint density at radius 3 is 2.60 bits per heavy atom. The highest BCUT2D eigenvalue weighted by Gasteiger charge is 2.19. The maximum atomic E-state index is 12.3. The van der Waals surface area contributed by atoms with Gasteiger partial charge in [0.2, 0.25) is 5.76 Å². The molecule has 1 aliphatic carbocycles. The van der Waals surface area contributed by atoms with Gasteiger partial charge in [-0.1, -0.05) is 12.8 Å². The molecule has 0 atom stereocenters. The van der Waals surface area contributed by atoms with Crippen molar-refractivity contribution in [3.63, 3.8) is 0 Å². The number of anilines is 1. The molecule has 3 rings (SSSR count). The van der Waals surface area contributed by atoms with Gasteiger partial charge in [0.05, 0.1) is 13.2 Å². The van der Waals surface area contributed by atoms with Crippen molar-refractivity contribution in [2.75, 3.05) is 12.4 Å². The van der Waals surface area contributed by atoms with Gasteiger partial charge in [-0.25, -0.2) is 0 Å². The van der Waals surface area contributed by atoms with E-state index in [1.807, 2.05) is 6.92 Å². The number of methoxy groups -OCH3 is 1. The predicted octanol–water partition coefficient (Wildman–Crippen LogP) is 2.92. The molecule has 0 aliphatic heterocycles. The lowest BCUT2D eigenvalue weighted by Crippen LogP contribution is -2.32. The monoisotopic (exact) mass is 343 g/mol. The molecule has 25 heavy (non-hydrogen) atoms. The smallest absolute Gasteiger partial charge is 0.294 e. The summed E-state index contributed by atoms with van der Waals surface area (Å²) in [5.74, 6) is -0.213. The number of rotatable bonds is 5. The van der Waals surface area contributed by atoms with Crippen LogP contribution in [0, 0.1) is 6.92 Å². The molecule has 0 saturated heterocycles. The van der Waals surface area contributed by atoms with Gasteiger partial charge in [0, 0.05) is 17.3 Å². The van der Waals surface area contributed by atoms with Crippen LogP contribution in [-0.2, 0) is 0 Å². The van der Waals surface area contributed by atoms with Crippen LogP contribution in [0.5, 0.6) is 5.88 Å². The molecule has 1 heterocycles. The van der Waals surface area contributed by atoms with Crippen molar-refractivity contribution in [3.8, 4) is 5.88 Å². The SMILES string of the molecule is COc1cc(C(=O)Nc2ccc(C(=O)NC3CCCC3)cc2C)on1. The number of hydrogen-bond acceptors (Lipinski definition) is 5. The van der Waals surface area contributed by atoms with E-state index in [2.05, 4.69) is 15.8 Å². The molecular formula is C18H21N3O4. The Morgan fingerprint density at radius 1 is 1.20 bits per heavy atom. The van der Waals surface area contributed by atoms with Crippen molar-refractivity contribution < 1.29 is 18.8 Å². The van der Waals surface area contributed by atoms with Crippen LogP contribution in [-0.4, -0.2) is 30.1 Å². The Balaban J connectivity index is 1.66. The summed E-state index contributed by atoms with van der Waals surface area (Å²) in [5.41, 5.74) is 1.99. The zero-order valence-electron chi connectivity index (χ0n) is 14.3. The second kappa shape index (κ2) is 7.38. The van der Waals surface area contributed by atoms with Crippen molar-refractivity contribution in [1.29, 1.82) is 0 Å². The molecule has 0 bridgehead atoms. The Kier molecular flexibility index (Phi) is 5.02. The summed E-state index contributed by atoms with van der Waals surface area (Å²) in [6.07, 6.45) is 4.42. The number of aryl methyl sites for hydroxylation is 1. The van der Waals surface area contributed by atoms with Crippen LogP contribution in [0.25, 0.3) is 0 Å². The summed E-state index contributed by atoms with van der Waals surface area (Å²) >= 11 is 0. The van der Waals surface area contributed by atoms with E-state index in [4.69, 9.17) is 9.26 Å². The van der Waals surface area contributed by atoms with Crippen molar-refractivity contribution in [2.24, 2.45) is 0 Å². The van der Waals surface area contributed by atoms with E-state index in [1.165, 1.54) is 26.0 Å². The molecule has 1 aromatic heterocycles. The van der Waals surface area contributed by atoms with Gasteiger partial charge in [0.1, 0.15) is 0 Å². The molecule has 1 aliphatic rings. The van der Waals surface area contributed by atoms with E-state index in [-0.39, 0.29) is 23.6 Å². The molecule has 2 aromatic rings. The van der Waals surface area contributed by atoms with E-state index in [9.17, 15) is 9.59 Å². The van der Waals surface area contributed by atoms with Crippen molar-refractivity contribution >= 4 is 17.5 Å². The van der Waals surface area contributed by atoms with Gasteiger partial charge in [-0.15, -0.1) is 0 Å². The molecular weight excluding hydrogens is 322 g/mol. The minimum absolute atomic E-state index is 0.0549. The zero-order chi connectivity index (χ0) is 17.8. The summed E-state index contributed by atoms with van der Waals surface area (Å²) in [6, 6.07) is 6.86. The predicted molar refractivity (Wildman–Crippen MR) is 91.9 cm³/mol. The Hall–Kier alpha value is -2.83. The molecule has 0 radical (unpaired) electrons. The first kappa shape index (κ1) is 17.0. The Labute approximate surface area is 145 Å². The molecule has 2 amide bonds. The Morgan fingerprint density at radius 2 is 1.96 bits per heavy atom. The quantitative estimate of drug-likeness (QED) is 0.870. The summed E-state index contributed by atoms with van der Waals surface area (Å²) in [7, 11) is 1.44. The van der Waals surface area contributed by atoms with E-state index in [0.717, 1.165) is 18.4 Å². The first-order chi connectivity index (χ1) is 12.1. The van der Waals surface area contributed by atoms with Gasteiger partial charge in [0.25, 0.3) is 17.7 Å². The number of carbonyl (C=O) groups excluding carboxylic acids is 2. The van der Waals surface area contributed by atoms with Crippen molar-refractivity contribution in [2.45, 2.75) is 38.6 Å². The average Bonchev–Trinajstić information content (AvgIpc) is 3.27. The van der Waals surface area contributed by atoms with Crippen LogP contribution in [0.2, 0.25) is 0 Å². The molecule has 7 nitrogen and oxygen atoms in total. The number of ether oxygens (including phenoxy) is 1. The van der Waals surface area contributed by atoms with Crippen LogP contribution in [0.4, 0.5) is 5.69 Å². The number of aromatic nitrogens is 1. The molecule has 1 fully saturated rings. The van der Waals surface area contributed by atoms with Crippen LogP contribution in [0.15, 0.2) is 28.8 Å². The zero-order valence-corrected chi connectivity index (χ0v) is 14.3. The highest BCUT2D eigenvalue weighted by molar-refractivity contribution is 6.03. The standard InChI is InChI=1S/C18H21N3O4/c1-11-9-12(17(22)19-13-5-3-4-6-13)7-8-14(11)20-18(23)15-10-16(24-2)21-25-15/h7-10,13H,3-6H2,1-2H3,(H,19,22)(H,20,23). The molecule has 2 N–H and O–H groups in total. The lowest BCUT2D eigenvalue weighted by atomic mass is 10.1. The third kappa shape index (κ3) is 3.99. The van der Waals surface area contributed by atoms with Crippen molar-refractivity contribution in [1.82, 2.24) is 10.5 Å². The topological polar surface area (TPSA) is 93.5 Å². The minimum atomic E-state index is -0.429. The largest absolute Gasteiger partial charge is 0.479 e. The summed E-state index contributed by atoms with van der Waals surface area (Å²) in [6.45, 7) is 1.84. The fourth-order valence-corrected chi connectivity index (χ4v) is 2.93. The summed E-state index contributed by atoms with van der Waals surface area (Å²) in [4.78, 5) is 24.5. The lowest BCUT2D eigenvalue weighted by molar-refractivity contribution is 0.0937. The number of nitrogens with one attached hydrogen (secondary N) is 2. The maximum absolute atomic E-state index is 12.3. The molecule has 1 saturated carbocycles. The van der Waals surface area contributed by atoms with E-state index < -0.39 is 5.91 Å². The van der Waals surface area contributed by atoms with Crippen molar-refractivity contribution in [3.05, 3.63) is 41.2 Å². The van der Waals surface area contributed by atoms with Crippen LogP contribution >= 0.6 is 0 Å². The number of hydrogen-bond donors (Lipinski definition) is 2. The van der Waals surface area contributed by atoms with Crippen LogP contribution in [0.3, 0.4) is 0 Å². The summed E-state index contributed by atoms with van der Waals surface area (Å²) < 4.78 is 9.80. The van der Waals surface area contributed by atoms with Gasteiger partial charge >= 0.3 is 0 Å². The van der Waals surface area contributed by atoms with E-state index >= 15 is 0 Å². The Bertz CT molecular complexity index is 778. The van der Waals surface area contributed by atoms with Gasteiger partial charge in [0.15, 0.2) is 0 Å². The van der Waals surface area contributed by atoms with E-state index in [0.29, 0.717) is 11.3 Å². The highest BCUT2D eigenvalue weighted by Crippen LogP contribution is 2.21. The fraction of sp³-hybridized carbons (Fsp3) is 0.389. The average molecular weight is 343 g/mol. The number of amides is 2. The molecule has 132 valence electrons. The fourth-order valence-electron chi connectivity index (χ4n) is 2.93.